The largest absolute Gasteiger partial charge is 0.367 e. The van der Waals surface area contributed by atoms with Crippen LogP contribution in [0.5, 0.6) is 0 Å². The Balaban J connectivity index is 1.67. The van der Waals surface area contributed by atoms with Crippen LogP contribution in [0.1, 0.15) is 16.8 Å². The molecule has 3 rings (SSSR count). The summed E-state index contributed by atoms with van der Waals surface area (Å²) in [7, 11) is 0. The fourth-order valence-corrected chi connectivity index (χ4v) is 3.02. The first kappa shape index (κ1) is 20.3. The van der Waals surface area contributed by atoms with Crippen molar-refractivity contribution < 1.29 is 9.53 Å². The molecule has 0 unspecified atom stereocenters. The van der Waals surface area contributed by atoms with E-state index in [9.17, 15) is 4.79 Å². The van der Waals surface area contributed by atoms with Crippen molar-refractivity contribution in [3.63, 3.8) is 0 Å². The lowest BCUT2D eigenvalue weighted by Crippen LogP contribution is -2.33. The van der Waals surface area contributed by atoms with Gasteiger partial charge in [-0.15, -0.1) is 0 Å². The summed E-state index contributed by atoms with van der Waals surface area (Å²) >= 11 is 12.1. The van der Waals surface area contributed by atoms with Crippen LogP contribution in [-0.2, 0) is 29.2 Å². The summed E-state index contributed by atoms with van der Waals surface area (Å²) in [6.07, 6.45) is 1.71. The molecule has 0 radical (unpaired) electrons. The van der Waals surface area contributed by atoms with Crippen molar-refractivity contribution in [3.05, 3.63) is 99.8 Å². The Bertz CT molecular complexity index is 905. The summed E-state index contributed by atoms with van der Waals surface area (Å²) in [5.41, 5.74) is 2.72. The number of carbonyl (C=O) groups excluding carboxylic acids is 1. The molecule has 28 heavy (non-hydrogen) atoms. The van der Waals surface area contributed by atoms with Gasteiger partial charge in [-0.25, -0.2) is 0 Å². The van der Waals surface area contributed by atoms with Crippen LogP contribution < -0.4 is 0 Å². The maximum Gasteiger partial charge on any atom is 0.249 e. The zero-order chi connectivity index (χ0) is 19.8. The standard InChI is InChI=1S/C22H20Cl2N2O2/c23-20-10-9-18(12-21(20)24)13-26(14-19-8-4-5-11-25-19)22(27)16-28-15-17-6-2-1-3-7-17/h1-12H,13-16H2. The molecular formula is C22H20Cl2N2O2. The Morgan fingerprint density at radius 2 is 1.68 bits per heavy atom. The van der Waals surface area contributed by atoms with Crippen LogP contribution in [0, 0.1) is 0 Å². The molecule has 1 amide bonds. The molecule has 0 aliphatic heterocycles. The molecule has 0 atom stereocenters. The van der Waals surface area contributed by atoms with Gasteiger partial charge in [-0.05, 0) is 35.4 Å². The van der Waals surface area contributed by atoms with E-state index in [1.807, 2.05) is 54.6 Å². The molecule has 0 N–H and O–H groups in total. The Morgan fingerprint density at radius 3 is 2.39 bits per heavy atom. The quantitative estimate of drug-likeness (QED) is 0.512. The molecule has 0 saturated heterocycles. The Labute approximate surface area is 174 Å². The summed E-state index contributed by atoms with van der Waals surface area (Å²) in [4.78, 5) is 18.8. The number of rotatable bonds is 8. The summed E-state index contributed by atoms with van der Waals surface area (Å²) in [5, 5.41) is 0.948. The Hall–Kier alpha value is -2.40. The summed E-state index contributed by atoms with van der Waals surface area (Å²) < 4.78 is 5.62. The van der Waals surface area contributed by atoms with Crippen molar-refractivity contribution in [1.29, 1.82) is 0 Å². The summed E-state index contributed by atoms with van der Waals surface area (Å²) in [5.74, 6) is -0.118. The number of nitrogens with zero attached hydrogens (tertiary/aromatic N) is 2. The van der Waals surface area contributed by atoms with Gasteiger partial charge in [0.05, 0.1) is 28.9 Å². The van der Waals surface area contributed by atoms with Crippen LogP contribution in [0.25, 0.3) is 0 Å². The number of pyridine rings is 1. The zero-order valence-corrected chi connectivity index (χ0v) is 16.7. The molecular weight excluding hydrogens is 395 g/mol. The van der Waals surface area contributed by atoms with Crippen molar-refractivity contribution in [2.75, 3.05) is 6.61 Å². The lowest BCUT2D eigenvalue weighted by molar-refractivity contribution is -0.137. The predicted octanol–water partition coefficient (Wildman–Crippen LogP) is 5.13. The van der Waals surface area contributed by atoms with E-state index in [-0.39, 0.29) is 12.5 Å². The van der Waals surface area contributed by atoms with E-state index in [0.29, 0.717) is 29.7 Å². The first-order chi connectivity index (χ1) is 13.6. The summed E-state index contributed by atoms with van der Waals surface area (Å²) in [6.45, 7) is 1.15. The van der Waals surface area contributed by atoms with Gasteiger partial charge in [-0.1, -0.05) is 65.7 Å². The number of amides is 1. The topological polar surface area (TPSA) is 42.4 Å². The smallest absolute Gasteiger partial charge is 0.249 e. The highest BCUT2D eigenvalue weighted by molar-refractivity contribution is 6.42. The maximum absolute atomic E-state index is 12.8. The molecule has 1 aromatic heterocycles. The zero-order valence-electron chi connectivity index (χ0n) is 15.2. The van der Waals surface area contributed by atoms with Gasteiger partial charge in [0.15, 0.2) is 0 Å². The highest BCUT2D eigenvalue weighted by Crippen LogP contribution is 2.23. The lowest BCUT2D eigenvalue weighted by atomic mass is 10.2. The first-order valence-electron chi connectivity index (χ1n) is 8.85. The van der Waals surface area contributed by atoms with E-state index in [2.05, 4.69) is 4.98 Å². The average Bonchev–Trinajstić information content (AvgIpc) is 2.72. The molecule has 4 nitrogen and oxygen atoms in total. The van der Waals surface area contributed by atoms with Crippen LogP contribution in [-0.4, -0.2) is 22.4 Å². The van der Waals surface area contributed by atoms with Crippen molar-refractivity contribution in [2.24, 2.45) is 0 Å². The molecule has 144 valence electrons. The molecule has 1 heterocycles. The van der Waals surface area contributed by atoms with E-state index in [1.165, 1.54) is 0 Å². The molecule has 0 bridgehead atoms. The van der Waals surface area contributed by atoms with Gasteiger partial charge in [-0.2, -0.15) is 0 Å². The maximum atomic E-state index is 12.8. The Kier molecular flexibility index (Phi) is 7.43. The summed E-state index contributed by atoms with van der Waals surface area (Å²) in [6, 6.07) is 20.8. The SMILES string of the molecule is O=C(COCc1ccccc1)N(Cc1ccc(Cl)c(Cl)c1)Cc1ccccn1. The third kappa shape index (κ3) is 6.06. The third-order valence-corrected chi connectivity index (χ3v) is 4.87. The molecule has 0 aliphatic carbocycles. The van der Waals surface area contributed by atoms with Gasteiger partial charge in [0, 0.05) is 12.7 Å². The second kappa shape index (κ2) is 10.2. The number of ether oxygens (including phenoxy) is 1. The highest BCUT2D eigenvalue weighted by Gasteiger charge is 2.16. The molecule has 2 aromatic carbocycles. The highest BCUT2D eigenvalue weighted by atomic mass is 35.5. The van der Waals surface area contributed by atoms with E-state index >= 15 is 0 Å². The lowest BCUT2D eigenvalue weighted by Gasteiger charge is -2.23. The van der Waals surface area contributed by atoms with Crippen molar-refractivity contribution >= 4 is 29.1 Å². The Morgan fingerprint density at radius 1 is 0.893 bits per heavy atom. The fourth-order valence-electron chi connectivity index (χ4n) is 2.70. The number of hydrogen-bond acceptors (Lipinski definition) is 3. The second-order valence-corrected chi connectivity index (χ2v) is 7.11. The molecule has 6 heteroatoms. The van der Waals surface area contributed by atoms with Crippen LogP contribution in [0.4, 0.5) is 0 Å². The third-order valence-electron chi connectivity index (χ3n) is 4.13. The van der Waals surface area contributed by atoms with Crippen LogP contribution in [0.2, 0.25) is 10.0 Å². The second-order valence-electron chi connectivity index (χ2n) is 6.30. The van der Waals surface area contributed by atoms with Gasteiger partial charge in [0.25, 0.3) is 0 Å². The van der Waals surface area contributed by atoms with Crippen molar-refractivity contribution in [1.82, 2.24) is 9.88 Å². The number of hydrogen-bond donors (Lipinski definition) is 0. The fraction of sp³-hybridized carbons (Fsp3) is 0.182. The molecule has 0 saturated carbocycles. The minimum absolute atomic E-state index is 0.0109. The minimum atomic E-state index is -0.118. The molecule has 0 fully saturated rings. The van der Waals surface area contributed by atoms with E-state index < -0.39 is 0 Å². The predicted molar refractivity (Wildman–Crippen MR) is 111 cm³/mol. The molecule has 3 aromatic rings. The van der Waals surface area contributed by atoms with Gasteiger partial charge in [-0.3, -0.25) is 9.78 Å². The van der Waals surface area contributed by atoms with E-state index in [4.69, 9.17) is 27.9 Å². The average molecular weight is 415 g/mol. The first-order valence-corrected chi connectivity index (χ1v) is 9.60. The van der Waals surface area contributed by atoms with E-state index in [1.54, 1.807) is 23.2 Å². The monoisotopic (exact) mass is 414 g/mol. The number of aromatic nitrogens is 1. The molecule has 0 aliphatic rings. The van der Waals surface area contributed by atoms with Crippen molar-refractivity contribution in [2.45, 2.75) is 19.7 Å². The van der Waals surface area contributed by atoms with Gasteiger partial charge in [0.1, 0.15) is 6.61 Å². The van der Waals surface area contributed by atoms with Crippen LogP contribution >= 0.6 is 23.2 Å². The van der Waals surface area contributed by atoms with Crippen LogP contribution in [0.3, 0.4) is 0 Å². The van der Waals surface area contributed by atoms with E-state index in [0.717, 1.165) is 16.8 Å². The van der Waals surface area contributed by atoms with Crippen molar-refractivity contribution in [3.8, 4) is 0 Å². The number of benzene rings is 2. The van der Waals surface area contributed by atoms with Gasteiger partial charge >= 0.3 is 0 Å². The molecule has 0 spiro atoms. The number of carbonyl (C=O) groups is 1. The van der Waals surface area contributed by atoms with Gasteiger partial charge in [0.2, 0.25) is 5.91 Å². The number of halogens is 2. The minimum Gasteiger partial charge on any atom is -0.367 e. The normalized spacial score (nSPS) is 10.6. The van der Waals surface area contributed by atoms with Gasteiger partial charge < -0.3 is 9.64 Å². The van der Waals surface area contributed by atoms with Crippen LogP contribution in [0.15, 0.2) is 72.9 Å².